The van der Waals surface area contributed by atoms with E-state index in [9.17, 15) is 18.5 Å². The summed E-state index contributed by atoms with van der Waals surface area (Å²) in [6.45, 7) is 2.58. The smallest absolute Gasteiger partial charge is 0.276 e. The van der Waals surface area contributed by atoms with E-state index in [-0.39, 0.29) is 23.8 Å². The van der Waals surface area contributed by atoms with Gasteiger partial charge in [-0.1, -0.05) is 0 Å². The molecule has 8 nitrogen and oxygen atoms in total. The van der Waals surface area contributed by atoms with Gasteiger partial charge in [0.2, 0.25) is 0 Å². The molecule has 1 heterocycles. The zero-order valence-corrected chi connectivity index (χ0v) is 11.5. The number of nitrogens with one attached hydrogen (secondary N) is 2. The number of nitro groups is 1. The first-order chi connectivity index (χ1) is 8.81. The molecule has 0 aliphatic carbocycles. The first kappa shape index (κ1) is 15.2. The van der Waals surface area contributed by atoms with E-state index in [1.165, 1.54) is 12.1 Å². The summed E-state index contributed by atoms with van der Waals surface area (Å²) in [4.78, 5) is 14.3. The van der Waals surface area contributed by atoms with Crippen molar-refractivity contribution in [2.24, 2.45) is 0 Å². The molecule has 0 spiro atoms. The summed E-state index contributed by atoms with van der Waals surface area (Å²) < 4.78 is 22.0. The fourth-order valence-corrected chi connectivity index (χ4v) is 1.82. The van der Waals surface area contributed by atoms with E-state index >= 15 is 0 Å². The summed E-state index contributed by atoms with van der Waals surface area (Å²) in [7, 11) is -3.08. The van der Waals surface area contributed by atoms with Crippen LogP contribution in [0.5, 0.6) is 0 Å². The monoisotopic (exact) mass is 288 g/mol. The van der Waals surface area contributed by atoms with Crippen LogP contribution in [0.3, 0.4) is 0 Å². The van der Waals surface area contributed by atoms with E-state index in [4.69, 9.17) is 0 Å². The molecule has 0 radical (unpaired) electrons. The van der Waals surface area contributed by atoms with Crippen LogP contribution < -0.4 is 10.6 Å². The van der Waals surface area contributed by atoms with E-state index < -0.39 is 14.8 Å². The number of hydrogen-bond acceptors (Lipinski definition) is 7. The van der Waals surface area contributed by atoms with Gasteiger partial charge in [0.1, 0.15) is 21.5 Å². The number of pyridine rings is 1. The SMILES string of the molecule is CCNc1cc([N+](=O)[O-])cc(NCCS(C)(=O)=O)n1. The maximum atomic E-state index is 11.0. The Morgan fingerprint density at radius 1 is 1.32 bits per heavy atom. The third-order valence-corrected chi connectivity index (χ3v) is 3.10. The van der Waals surface area contributed by atoms with Gasteiger partial charge < -0.3 is 10.6 Å². The highest BCUT2D eigenvalue weighted by Crippen LogP contribution is 2.20. The van der Waals surface area contributed by atoms with Crippen LogP contribution in [0.25, 0.3) is 0 Å². The van der Waals surface area contributed by atoms with Gasteiger partial charge in [0.15, 0.2) is 0 Å². The van der Waals surface area contributed by atoms with Crippen LogP contribution in [0.1, 0.15) is 6.92 Å². The second-order valence-electron chi connectivity index (χ2n) is 3.94. The summed E-state index contributed by atoms with van der Waals surface area (Å²) in [5.74, 6) is 0.584. The average molecular weight is 288 g/mol. The van der Waals surface area contributed by atoms with Crippen molar-refractivity contribution in [3.05, 3.63) is 22.2 Å². The predicted octanol–water partition coefficient (Wildman–Crippen LogP) is 0.878. The molecular formula is C10H16N4O4S. The predicted molar refractivity (Wildman–Crippen MR) is 73.3 cm³/mol. The third-order valence-electron chi connectivity index (χ3n) is 2.16. The van der Waals surface area contributed by atoms with Crippen molar-refractivity contribution in [1.82, 2.24) is 4.98 Å². The largest absolute Gasteiger partial charge is 0.370 e. The molecule has 1 aromatic rings. The molecule has 106 valence electrons. The van der Waals surface area contributed by atoms with Gasteiger partial charge in [-0.2, -0.15) is 0 Å². The fraction of sp³-hybridized carbons (Fsp3) is 0.500. The first-order valence-corrected chi connectivity index (χ1v) is 7.70. The van der Waals surface area contributed by atoms with Crippen LogP contribution in [0.15, 0.2) is 12.1 Å². The molecule has 0 bridgehead atoms. The van der Waals surface area contributed by atoms with Crippen molar-refractivity contribution < 1.29 is 13.3 Å². The Labute approximate surface area is 111 Å². The lowest BCUT2D eigenvalue weighted by molar-refractivity contribution is -0.384. The fourth-order valence-electron chi connectivity index (χ4n) is 1.35. The topological polar surface area (TPSA) is 114 Å². The van der Waals surface area contributed by atoms with Crippen LogP contribution in [0, 0.1) is 10.1 Å². The second kappa shape index (κ2) is 6.32. The van der Waals surface area contributed by atoms with E-state index in [1.807, 2.05) is 6.92 Å². The molecule has 0 aliphatic rings. The Kier molecular flexibility index (Phi) is 5.04. The van der Waals surface area contributed by atoms with Crippen molar-refractivity contribution in [1.29, 1.82) is 0 Å². The highest BCUT2D eigenvalue weighted by Gasteiger charge is 2.11. The Bertz CT molecular complexity index is 559. The Hall–Kier alpha value is -1.90. The van der Waals surface area contributed by atoms with Crippen LogP contribution in [0.2, 0.25) is 0 Å². The molecule has 0 fully saturated rings. The van der Waals surface area contributed by atoms with Gasteiger partial charge in [0, 0.05) is 19.3 Å². The molecule has 0 aromatic carbocycles. The molecule has 0 unspecified atom stereocenters. The van der Waals surface area contributed by atoms with E-state index in [2.05, 4.69) is 15.6 Å². The van der Waals surface area contributed by atoms with Crippen molar-refractivity contribution >= 4 is 27.2 Å². The van der Waals surface area contributed by atoms with Crippen LogP contribution in [0.4, 0.5) is 17.3 Å². The Morgan fingerprint density at radius 2 is 1.89 bits per heavy atom. The average Bonchev–Trinajstić information content (AvgIpc) is 2.27. The van der Waals surface area contributed by atoms with Gasteiger partial charge in [-0.05, 0) is 6.92 Å². The molecular weight excluding hydrogens is 272 g/mol. The second-order valence-corrected chi connectivity index (χ2v) is 6.20. The summed E-state index contributed by atoms with van der Waals surface area (Å²) in [5.41, 5.74) is -0.104. The van der Waals surface area contributed by atoms with Crippen molar-refractivity contribution in [3.63, 3.8) is 0 Å². The maximum absolute atomic E-state index is 11.0. The zero-order valence-electron chi connectivity index (χ0n) is 10.7. The molecule has 0 saturated heterocycles. The van der Waals surface area contributed by atoms with Gasteiger partial charge in [0.05, 0.1) is 22.8 Å². The van der Waals surface area contributed by atoms with Gasteiger partial charge >= 0.3 is 0 Å². The van der Waals surface area contributed by atoms with Gasteiger partial charge in [0.25, 0.3) is 5.69 Å². The van der Waals surface area contributed by atoms with Crippen LogP contribution >= 0.6 is 0 Å². The molecule has 0 atom stereocenters. The minimum Gasteiger partial charge on any atom is -0.370 e. The lowest BCUT2D eigenvalue weighted by atomic mass is 10.3. The minimum absolute atomic E-state index is 0.0616. The van der Waals surface area contributed by atoms with Crippen LogP contribution in [-0.4, -0.2) is 43.4 Å². The summed E-state index contributed by atoms with van der Waals surface area (Å²) in [6.07, 6.45) is 1.12. The van der Waals surface area contributed by atoms with Crippen molar-refractivity contribution in [3.8, 4) is 0 Å². The van der Waals surface area contributed by atoms with Gasteiger partial charge in [-0.25, -0.2) is 13.4 Å². The molecule has 9 heteroatoms. The van der Waals surface area contributed by atoms with Gasteiger partial charge in [-0.15, -0.1) is 0 Å². The summed E-state index contributed by atoms with van der Waals surface area (Å²) in [6, 6.07) is 2.59. The Morgan fingerprint density at radius 3 is 2.37 bits per heavy atom. The standard InChI is InChI=1S/C10H16N4O4S/c1-3-11-9-6-8(14(15)16)7-10(13-9)12-4-5-19(2,17)18/h6-7H,3-5H2,1-2H3,(H2,11,12,13). The number of rotatable bonds is 7. The molecule has 1 aromatic heterocycles. The highest BCUT2D eigenvalue weighted by molar-refractivity contribution is 7.90. The number of anilines is 2. The maximum Gasteiger partial charge on any atom is 0.276 e. The number of sulfone groups is 1. The molecule has 2 N–H and O–H groups in total. The van der Waals surface area contributed by atoms with E-state index in [1.54, 1.807) is 0 Å². The summed E-state index contributed by atoms with van der Waals surface area (Å²) >= 11 is 0. The molecule has 0 saturated carbocycles. The normalized spacial score (nSPS) is 11.1. The van der Waals surface area contributed by atoms with Crippen LogP contribution in [-0.2, 0) is 9.84 Å². The van der Waals surface area contributed by atoms with E-state index in [0.29, 0.717) is 12.4 Å². The minimum atomic E-state index is -3.08. The lowest BCUT2D eigenvalue weighted by Crippen LogP contribution is -2.15. The Balaban J connectivity index is 2.84. The van der Waals surface area contributed by atoms with Crippen molar-refractivity contribution in [2.75, 3.05) is 35.7 Å². The highest BCUT2D eigenvalue weighted by atomic mass is 32.2. The van der Waals surface area contributed by atoms with Crippen molar-refractivity contribution in [2.45, 2.75) is 6.92 Å². The lowest BCUT2D eigenvalue weighted by Gasteiger charge is -2.08. The molecule has 19 heavy (non-hydrogen) atoms. The third kappa shape index (κ3) is 5.51. The van der Waals surface area contributed by atoms with E-state index in [0.717, 1.165) is 6.26 Å². The quantitative estimate of drug-likeness (QED) is 0.565. The number of hydrogen-bond donors (Lipinski definition) is 2. The summed E-state index contributed by atoms with van der Waals surface area (Å²) in [5, 5.41) is 16.4. The van der Waals surface area contributed by atoms with Gasteiger partial charge in [-0.3, -0.25) is 10.1 Å². The molecule has 0 amide bonds. The molecule has 0 aliphatic heterocycles. The first-order valence-electron chi connectivity index (χ1n) is 5.64. The molecule has 1 rings (SSSR count). The number of nitrogens with zero attached hydrogens (tertiary/aromatic N) is 2. The zero-order chi connectivity index (χ0) is 14.5. The number of aromatic nitrogens is 1.